The summed E-state index contributed by atoms with van der Waals surface area (Å²) in [5.74, 6) is -0.551. The van der Waals surface area contributed by atoms with Crippen LogP contribution >= 0.6 is 11.3 Å². The van der Waals surface area contributed by atoms with Gasteiger partial charge in [-0.15, -0.1) is 11.3 Å². The van der Waals surface area contributed by atoms with E-state index in [0.29, 0.717) is 4.88 Å². The third-order valence-corrected chi connectivity index (χ3v) is 3.67. The number of nitrogens with zero attached hydrogens (tertiary/aromatic N) is 2. The summed E-state index contributed by atoms with van der Waals surface area (Å²) in [5.41, 5.74) is 5.59. The molecule has 1 aromatic heterocycles. The van der Waals surface area contributed by atoms with E-state index in [4.69, 9.17) is 11.0 Å². The fraction of sp³-hybridized carbons (Fsp3) is 0.0769. The molecule has 0 spiro atoms. The van der Waals surface area contributed by atoms with Gasteiger partial charge in [-0.2, -0.15) is 5.26 Å². The molecule has 106 valence electrons. The number of hydrogen-bond acceptors (Lipinski definition) is 6. The van der Waals surface area contributed by atoms with Crippen LogP contribution in [0, 0.1) is 21.4 Å². The topological polar surface area (TPSA) is 122 Å². The third-order valence-electron chi connectivity index (χ3n) is 2.71. The zero-order chi connectivity index (χ0) is 15.4. The molecule has 3 N–H and O–H groups in total. The van der Waals surface area contributed by atoms with Crippen LogP contribution in [-0.2, 0) is 4.79 Å². The second kappa shape index (κ2) is 6.13. The molecule has 0 saturated carbocycles. The molecular weight excluding hydrogens is 292 g/mol. The van der Waals surface area contributed by atoms with Crippen molar-refractivity contribution in [2.45, 2.75) is 6.04 Å². The van der Waals surface area contributed by atoms with Crippen molar-refractivity contribution in [1.82, 2.24) is 0 Å². The zero-order valence-corrected chi connectivity index (χ0v) is 11.5. The molecule has 0 aliphatic carbocycles. The third kappa shape index (κ3) is 3.22. The van der Waals surface area contributed by atoms with Crippen molar-refractivity contribution >= 4 is 28.6 Å². The Balaban J connectivity index is 2.25. The molecule has 0 aliphatic heterocycles. The van der Waals surface area contributed by atoms with Gasteiger partial charge >= 0.3 is 0 Å². The maximum atomic E-state index is 12.0. The Kier molecular flexibility index (Phi) is 4.27. The molecular formula is C13H10N4O3S. The van der Waals surface area contributed by atoms with E-state index in [-0.39, 0.29) is 16.9 Å². The Morgan fingerprint density at radius 1 is 1.48 bits per heavy atom. The second-order valence-corrected chi connectivity index (χ2v) is 5.06. The lowest BCUT2D eigenvalue weighted by Gasteiger charge is -2.11. The number of nitriles is 1. The molecule has 0 fully saturated rings. The van der Waals surface area contributed by atoms with Crippen LogP contribution in [0.25, 0.3) is 0 Å². The molecule has 2 rings (SSSR count). The van der Waals surface area contributed by atoms with Crippen LogP contribution in [-0.4, -0.2) is 10.8 Å². The van der Waals surface area contributed by atoms with Gasteiger partial charge in [0.05, 0.1) is 16.6 Å². The highest BCUT2D eigenvalue weighted by atomic mass is 32.1. The SMILES string of the molecule is N#Cc1ccc(NC(=O)C(N)c2cccs2)c([N+](=O)[O-])c1. The number of rotatable bonds is 4. The standard InChI is InChI=1S/C13H10N4O3S/c14-7-8-3-4-9(10(6-8)17(19)20)16-13(18)12(15)11-2-1-5-21-11/h1-6,12H,15H2,(H,16,18). The number of carbonyl (C=O) groups is 1. The normalized spacial score (nSPS) is 11.4. The van der Waals surface area contributed by atoms with Gasteiger partial charge < -0.3 is 11.1 Å². The maximum Gasteiger partial charge on any atom is 0.294 e. The number of hydrogen-bond donors (Lipinski definition) is 2. The van der Waals surface area contributed by atoms with E-state index in [1.807, 2.05) is 6.07 Å². The lowest BCUT2D eigenvalue weighted by atomic mass is 10.1. The molecule has 0 radical (unpaired) electrons. The van der Waals surface area contributed by atoms with Gasteiger partial charge in [-0.05, 0) is 23.6 Å². The van der Waals surface area contributed by atoms with Gasteiger partial charge in [0.2, 0.25) is 5.91 Å². The summed E-state index contributed by atoms with van der Waals surface area (Å²) in [6.07, 6.45) is 0. The minimum absolute atomic E-state index is 0.0102. The molecule has 1 amide bonds. The molecule has 1 heterocycles. The molecule has 7 nitrogen and oxygen atoms in total. The lowest BCUT2D eigenvalue weighted by molar-refractivity contribution is -0.383. The van der Waals surface area contributed by atoms with E-state index in [0.717, 1.165) is 6.07 Å². The summed E-state index contributed by atoms with van der Waals surface area (Å²) in [4.78, 5) is 23.0. The van der Waals surface area contributed by atoms with Crippen molar-refractivity contribution in [2.24, 2.45) is 5.73 Å². The van der Waals surface area contributed by atoms with Crippen LogP contribution < -0.4 is 11.1 Å². The number of benzene rings is 1. The van der Waals surface area contributed by atoms with Gasteiger partial charge in [-0.25, -0.2) is 0 Å². The molecule has 2 aromatic rings. The van der Waals surface area contributed by atoms with E-state index in [9.17, 15) is 14.9 Å². The fourth-order valence-electron chi connectivity index (χ4n) is 1.67. The summed E-state index contributed by atoms with van der Waals surface area (Å²) in [6, 6.07) is 8.18. The fourth-order valence-corrected chi connectivity index (χ4v) is 2.39. The maximum absolute atomic E-state index is 12.0. The van der Waals surface area contributed by atoms with E-state index >= 15 is 0 Å². The summed E-state index contributed by atoms with van der Waals surface area (Å²) in [5, 5.41) is 23.9. The number of nitrogens with one attached hydrogen (secondary N) is 1. The smallest absolute Gasteiger partial charge is 0.294 e. The summed E-state index contributed by atoms with van der Waals surface area (Å²) in [6.45, 7) is 0. The van der Waals surface area contributed by atoms with Gasteiger partial charge in [-0.1, -0.05) is 6.07 Å². The first-order chi connectivity index (χ1) is 10.0. The second-order valence-electron chi connectivity index (χ2n) is 4.08. The molecule has 1 aromatic carbocycles. The monoisotopic (exact) mass is 302 g/mol. The minimum Gasteiger partial charge on any atom is -0.319 e. The Bertz CT molecular complexity index is 722. The van der Waals surface area contributed by atoms with Crippen molar-refractivity contribution in [3.63, 3.8) is 0 Å². The Morgan fingerprint density at radius 2 is 2.24 bits per heavy atom. The predicted octanol–water partition coefficient (Wildman–Crippen LogP) is 2.17. The number of nitro benzene ring substituents is 1. The minimum atomic E-state index is -0.903. The lowest BCUT2D eigenvalue weighted by Crippen LogP contribution is -2.27. The number of anilines is 1. The number of carbonyl (C=O) groups excluding carboxylic acids is 1. The van der Waals surface area contributed by atoms with Gasteiger partial charge in [0, 0.05) is 10.9 Å². The summed E-state index contributed by atoms with van der Waals surface area (Å²) >= 11 is 1.32. The largest absolute Gasteiger partial charge is 0.319 e. The van der Waals surface area contributed by atoms with E-state index in [1.54, 1.807) is 17.5 Å². The molecule has 0 aliphatic rings. The molecule has 21 heavy (non-hydrogen) atoms. The van der Waals surface area contributed by atoms with Crippen molar-refractivity contribution in [3.8, 4) is 6.07 Å². The first-order valence-corrected chi connectivity index (χ1v) is 6.69. The van der Waals surface area contributed by atoms with Crippen molar-refractivity contribution in [2.75, 3.05) is 5.32 Å². The molecule has 1 unspecified atom stereocenters. The Hall–Kier alpha value is -2.76. The average Bonchev–Trinajstić information content (AvgIpc) is 3.00. The summed E-state index contributed by atoms with van der Waals surface area (Å²) in [7, 11) is 0. The van der Waals surface area contributed by atoms with E-state index in [1.165, 1.54) is 23.5 Å². The quantitative estimate of drug-likeness (QED) is 0.662. The number of nitrogens with two attached hydrogens (primary N) is 1. The van der Waals surface area contributed by atoms with Gasteiger partial charge in [-0.3, -0.25) is 14.9 Å². The zero-order valence-electron chi connectivity index (χ0n) is 10.6. The number of nitro groups is 1. The van der Waals surface area contributed by atoms with E-state index in [2.05, 4.69) is 5.32 Å². The molecule has 8 heteroatoms. The van der Waals surface area contributed by atoms with Crippen LogP contribution in [0.2, 0.25) is 0 Å². The molecule has 0 saturated heterocycles. The van der Waals surface area contributed by atoms with Crippen LogP contribution in [0.5, 0.6) is 0 Å². The van der Waals surface area contributed by atoms with Crippen molar-refractivity contribution in [1.29, 1.82) is 5.26 Å². The van der Waals surface area contributed by atoms with Gasteiger partial charge in [0.25, 0.3) is 5.69 Å². The molecule has 0 bridgehead atoms. The Labute approximate surface area is 123 Å². The van der Waals surface area contributed by atoms with Crippen molar-refractivity contribution in [3.05, 3.63) is 56.3 Å². The van der Waals surface area contributed by atoms with Crippen LogP contribution in [0.15, 0.2) is 35.7 Å². The summed E-state index contributed by atoms with van der Waals surface area (Å²) < 4.78 is 0. The van der Waals surface area contributed by atoms with Crippen LogP contribution in [0.3, 0.4) is 0 Å². The van der Waals surface area contributed by atoms with Crippen LogP contribution in [0.1, 0.15) is 16.5 Å². The van der Waals surface area contributed by atoms with E-state index < -0.39 is 16.9 Å². The number of amides is 1. The highest BCUT2D eigenvalue weighted by molar-refractivity contribution is 7.10. The van der Waals surface area contributed by atoms with Crippen molar-refractivity contribution < 1.29 is 9.72 Å². The average molecular weight is 302 g/mol. The van der Waals surface area contributed by atoms with Crippen LogP contribution in [0.4, 0.5) is 11.4 Å². The highest BCUT2D eigenvalue weighted by Gasteiger charge is 2.21. The molecule has 1 atom stereocenters. The highest BCUT2D eigenvalue weighted by Crippen LogP contribution is 2.27. The Morgan fingerprint density at radius 3 is 2.81 bits per heavy atom. The van der Waals surface area contributed by atoms with Gasteiger partial charge in [0.15, 0.2) is 0 Å². The first kappa shape index (κ1) is 14.6. The van der Waals surface area contributed by atoms with Gasteiger partial charge in [0.1, 0.15) is 11.7 Å². The predicted molar refractivity (Wildman–Crippen MR) is 77.7 cm³/mol. The number of thiophene rings is 1. The first-order valence-electron chi connectivity index (χ1n) is 5.81.